The third-order valence-corrected chi connectivity index (χ3v) is 4.04. The van der Waals surface area contributed by atoms with Gasteiger partial charge < -0.3 is 10.2 Å². The van der Waals surface area contributed by atoms with Crippen LogP contribution in [0.3, 0.4) is 0 Å². The van der Waals surface area contributed by atoms with Crippen molar-refractivity contribution in [2.24, 2.45) is 0 Å². The van der Waals surface area contributed by atoms with Gasteiger partial charge >= 0.3 is 0 Å². The lowest BCUT2D eigenvalue weighted by molar-refractivity contribution is 0.183. The van der Waals surface area contributed by atoms with E-state index in [1.165, 1.54) is 25.7 Å². The summed E-state index contributed by atoms with van der Waals surface area (Å²) in [5.41, 5.74) is 8.17. The van der Waals surface area contributed by atoms with Crippen molar-refractivity contribution in [1.82, 2.24) is 9.88 Å². The highest BCUT2D eigenvalue weighted by Gasteiger charge is 2.22. The van der Waals surface area contributed by atoms with E-state index in [9.17, 15) is 0 Å². The number of fused-ring (bicyclic) bond motifs is 1. The third-order valence-electron chi connectivity index (χ3n) is 4.04. The molecule has 102 valence electrons. The Morgan fingerprint density at radius 3 is 2.89 bits per heavy atom. The van der Waals surface area contributed by atoms with Gasteiger partial charge in [0.25, 0.3) is 0 Å². The maximum atomic E-state index is 5.81. The molecule has 1 aliphatic carbocycles. The quantitative estimate of drug-likeness (QED) is 0.857. The number of benzene rings is 1. The smallest absolute Gasteiger partial charge is 0.209 e. The lowest BCUT2D eigenvalue weighted by atomic mass is 10.2. The van der Waals surface area contributed by atoms with E-state index in [1.807, 2.05) is 18.2 Å². The minimum Gasteiger partial charge on any atom is -0.439 e. The maximum Gasteiger partial charge on any atom is 0.209 e. The van der Waals surface area contributed by atoms with Crippen LogP contribution in [0.25, 0.3) is 11.1 Å². The highest BCUT2D eigenvalue weighted by molar-refractivity contribution is 5.76. The Bertz CT molecular complexity index is 558. The molecule has 0 bridgehead atoms. The van der Waals surface area contributed by atoms with Crippen molar-refractivity contribution >= 4 is 16.8 Å². The summed E-state index contributed by atoms with van der Waals surface area (Å²) in [5, 5.41) is 0. The van der Waals surface area contributed by atoms with Crippen molar-refractivity contribution in [2.75, 3.05) is 12.3 Å². The average Bonchev–Trinajstić information content (AvgIpc) is 3.04. The monoisotopic (exact) mass is 259 g/mol. The van der Waals surface area contributed by atoms with Crippen molar-refractivity contribution in [3.8, 4) is 0 Å². The lowest BCUT2D eigenvalue weighted by Gasteiger charge is -2.25. The number of nitrogens with two attached hydrogens (primary N) is 1. The minimum absolute atomic E-state index is 0.699. The van der Waals surface area contributed by atoms with Crippen LogP contribution in [0.2, 0.25) is 0 Å². The molecule has 0 saturated heterocycles. The zero-order chi connectivity index (χ0) is 13.2. The highest BCUT2D eigenvalue weighted by atomic mass is 16.3. The Labute approximate surface area is 113 Å². The molecule has 0 atom stereocenters. The zero-order valence-corrected chi connectivity index (χ0v) is 11.4. The molecule has 0 spiro atoms. The van der Waals surface area contributed by atoms with Crippen molar-refractivity contribution in [3.05, 3.63) is 24.1 Å². The normalized spacial score (nSPS) is 16.7. The van der Waals surface area contributed by atoms with E-state index in [2.05, 4.69) is 16.8 Å². The molecule has 4 nitrogen and oxygen atoms in total. The highest BCUT2D eigenvalue weighted by Crippen LogP contribution is 2.25. The number of rotatable bonds is 4. The Kier molecular flexibility index (Phi) is 3.42. The topological polar surface area (TPSA) is 55.3 Å². The number of nitrogens with zero attached hydrogens (tertiary/aromatic N) is 2. The van der Waals surface area contributed by atoms with Crippen LogP contribution < -0.4 is 5.73 Å². The molecule has 1 aromatic carbocycles. The van der Waals surface area contributed by atoms with E-state index < -0.39 is 0 Å². The Hall–Kier alpha value is -1.55. The van der Waals surface area contributed by atoms with Gasteiger partial charge in [-0.05, 0) is 31.5 Å². The Morgan fingerprint density at radius 1 is 1.37 bits per heavy atom. The standard InChI is InChI=1S/C15H21N3O/c1-2-18(12-5-3-4-6-12)10-15-17-13-8-7-11(16)9-14(13)19-15/h7-9,12H,2-6,10,16H2,1H3. The fourth-order valence-electron chi connectivity index (χ4n) is 3.00. The van der Waals surface area contributed by atoms with Gasteiger partial charge in [0.05, 0.1) is 6.54 Å². The molecule has 2 N–H and O–H groups in total. The molecular formula is C15H21N3O. The molecule has 1 fully saturated rings. The predicted molar refractivity (Wildman–Crippen MR) is 76.8 cm³/mol. The van der Waals surface area contributed by atoms with E-state index in [1.54, 1.807) is 0 Å². The number of anilines is 1. The summed E-state index contributed by atoms with van der Waals surface area (Å²) in [5.74, 6) is 0.800. The van der Waals surface area contributed by atoms with E-state index in [-0.39, 0.29) is 0 Å². The van der Waals surface area contributed by atoms with Crippen molar-refractivity contribution < 1.29 is 4.42 Å². The molecule has 2 aromatic rings. The molecule has 1 saturated carbocycles. The Morgan fingerprint density at radius 2 is 2.16 bits per heavy atom. The molecule has 19 heavy (non-hydrogen) atoms. The molecule has 0 amide bonds. The molecule has 1 heterocycles. The molecule has 1 aliphatic rings. The molecule has 3 rings (SSSR count). The van der Waals surface area contributed by atoms with Gasteiger partial charge in [-0.2, -0.15) is 0 Å². The zero-order valence-electron chi connectivity index (χ0n) is 11.4. The average molecular weight is 259 g/mol. The number of nitrogen functional groups attached to an aromatic ring is 1. The first-order valence-electron chi connectivity index (χ1n) is 7.15. The summed E-state index contributed by atoms with van der Waals surface area (Å²) in [6, 6.07) is 6.33. The van der Waals surface area contributed by atoms with Gasteiger partial charge in [-0.25, -0.2) is 4.98 Å². The largest absolute Gasteiger partial charge is 0.439 e. The fourth-order valence-corrected chi connectivity index (χ4v) is 3.00. The van der Waals surface area contributed by atoms with E-state index >= 15 is 0 Å². The summed E-state index contributed by atoms with van der Waals surface area (Å²) in [7, 11) is 0. The van der Waals surface area contributed by atoms with Crippen LogP contribution in [0.4, 0.5) is 5.69 Å². The maximum absolute atomic E-state index is 5.81. The van der Waals surface area contributed by atoms with Crippen LogP contribution in [0.5, 0.6) is 0 Å². The van der Waals surface area contributed by atoms with Crippen molar-refractivity contribution in [2.45, 2.75) is 45.2 Å². The second kappa shape index (κ2) is 5.21. The fraction of sp³-hybridized carbons (Fsp3) is 0.533. The number of hydrogen-bond acceptors (Lipinski definition) is 4. The third kappa shape index (κ3) is 2.59. The SMILES string of the molecule is CCN(Cc1nc2ccc(N)cc2o1)C1CCCC1. The number of hydrogen-bond donors (Lipinski definition) is 1. The summed E-state index contributed by atoms with van der Waals surface area (Å²) >= 11 is 0. The summed E-state index contributed by atoms with van der Waals surface area (Å²) in [6.07, 6.45) is 5.32. The van der Waals surface area contributed by atoms with Gasteiger partial charge in [0.2, 0.25) is 5.89 Å². The van der Waals surface area contributed by atoms with Crippen molar-refractivity contribution in [1.29, 1.82) is 0 Å². The van der Waals surface area contributed by atoms with Gasteiger partial charge in [0.15, 0.2) is 5.58 Å². The molecule has 4 heteroatoms. The van der Waals surface area contributed by atoms with Gasteiger partial charge in [-0.3, -0.25) is 4.90 Å². The molecule has 1 aromatic heterocycles. The van der Waals surface area contributed by atoms with E-state index in [0.717, 1.165) is 35.8 Å². The van der Waals surface area contributed by atoms with Crippen molar-refractivity contribution in [3.63, 3.8) is 0 Å². The van der Waals surface area contributed by atoms with Crippen LogP contribution in [0.1, 0.15) is 38.5 Å². The first-order chi connectivity index (χ1) is 9.26. The minimum atomic E-state index is 0.699. The first kappa shape index (κ1) is 12.5. The molecule has 0 radical (unpaired) electrons. The van der Waals surface area contributed by atoms with Gasteiger partial charge in [-0.15, -0.1) is 0 Å². The summed E-state index contributed by atoms with van der Waals surface area (Å²) < 4.78 is 5.81. The summed E-state index contributed by atoms with van der Waals surface area (Å²) in [6.45, 7) is 4.06. The van der Waals surface area contributed by atoms with E-state index in [0.29, 0.717) is 6.04 Å². The lowest BCUT2D eigenvalue weighted by Crippen LogP contribution is -2.32. The van der Waals surface area contributed by atoms with Gasteiger partial charge in [0.1, 0.15) is 5.52 Å². The van der Waals surface area contributed by atoms with E-state index in [4.69, 9.17) is 10.2 Å². The first-order valence-corrected chi connectivity index (χ1v) is 7.15. The molecule has 0 unspecified atom stereocenters. The van der Waals surface area contributed by atoms with Crippen LogP contribution >= 0.6 is 0 Å². The summed E-state index contributed by atoms with van der Waals surface area (Å²) in [4.78, 5) is 7.02. The van der Waals surface area contributed by atoms with Crippen LogP contribution in [-0.4, -0.2) is 22.5 Å². The molecule has 0 aliphatic heterocycles. The number of oxazole rings is 1. The second-order valence-electron chi connectivity index (χ2n) is 5.34. The number of aromatic nitrogens is 1. The van der Waals surface area contributed by atoms with Crippen LogP contribution in [-0.2, 0) is 6.54 Å². The second-order valence-corrected chi connectivity index (χ2v) is 5.34. The van der Waals surface area contributed by atoms with Gasteiger partial charge in [0, 0.05) is 17.8 Å². The molecular weight excluding hydrogens is 238 g/mol. The Balaban J connectivity index is 1.79. The predicted octanol–water partition coefficient (Wildman–Crippen LogP) is 3.17. The van der Waals surface area contributed by atoms with Crippen LogP contribution in [0, 0.1) is 0 Å². The van der Waals surface area contributed by atoms with Gasteiger partial charge in [-0.1, -0.05) is 19.8 Å². The van der Waals surface area contributed by atoms with Crippen LogP contribution in [0.15, 0.2) is 22.6 Å².